The number of nitrogens with zero attached hydrogens (tertiary/aromatic N) is 3. The molecule has 0 unspecified atom stereocenters. The Labute approximate surface area is 333 Å². The average molecular weight is 734 g/mol. The van der Waals surface area contributed by atoms with Gasteiger partial charge >= 0.3 is 0 Å². The van der Waals surface area contributed by atoms with E-state index in [1.54, 1.807) is 0 Å². The maximum atomic E-state index is 5.29. The number of fused-ring (bicyclic) bond motifs is 7. The molecule has 1 aliphatic carbocycles. The van der Waals surface area contributed by atoms with Gasteiger partial charge in [-0.05, 0) is 122 Å². The van der Waals surface area contributed by atoms with Crippen LogP contribution < -0.4 is 0 Å². The van der Waals surface area contributed by atoms with Crippen molar-refractivity contribution in [1.29, 1.82) is 0 Å². The quantitative estimate of drug-likeness (QED) is 0.180. The fourth-order valence-electron chi connectivity index (χ4n) is 9.41. The lowest BCUT2D eigenvalue weighted by Gasteiger charge is -2.42. The van der Waals surface area contributed by atoms with Gasteiger partial charge in [-0.3, -0.25) is 0 Å². The topological polar surface area (TPSA) is 30.7 Å². The molecule has 57 heavy (non-hydrogen) atoms. The lowest BCUT2D eigenvalue weighted by Crippen LogP contribution is -2.33. The third-order valence-electron chi connectivity index (χ3n) is 12.8. The Kier molecular flexibility index (Phi) is 7.38. The minimum atomic E-state index is 0.101. The highest BCUT2D eigenvalue weighted by Gasteiger charge is 2.38. The van der Waals surface area contributed by atoms with Crippen LogP contribution in [0.15, 0.2) is 164 Å². The number of aromatic nitrogens is 3. The zero-order valence-electron chi connectivity index (χ0n) is 32.8. The van der Waals surface area contributed by atoms with Crippen LogP contribution in [0.3, 0.4) is 0 Å². The molecular weight excluding hydrogens is 691 g/mol. The summed E-state index contributed by atoms with van der Waals surface area (Å²) >= 11 is 0. The smallest absolute Gasteiger partial charge is 0.0973 e. The Morgan fingerprint density at radius 2 is 0.930 bits per heavy atom. The van der Waals surface area contributed by atoms with E-state index >= 15 is 0 Å². The summed E-state index contributed by atoms with van der Waals surface area (Å²) < 4.78 is 2.51. The van der Waals surface area contributed by atoms with E-state index in [-0.39, 0.29) is 10.8 Å². The first-order valence-electron chi connectivity index (χ1n) is 20.2. The van der Waals surface area contributed by atoms with E-state index in [1.807, 2.05) is 12.1 Å². The van der Waals surface area contributed by atoms with E-state index in [2.05, 4.69) is 184 Å². The molecule has 0 atom stereocenters. The first kappa shape index (κ1) is 33.7. The van der Waals surface area contributed by atoms with E-state index in [1.165, 1.54) is 78.4 Å². The number of para-hydroxylation sites is 2. The third kappa shape index (κ3) is 5.48. The zero-order chi connectivity index (χ0) is 38.5. The first-order chi connectivity index (χ1) is 27.7. The second kappa shape index (κ2) is 12.5. The Balaban J connectivity index is 1.11. The molecule has 0 radical (unpaired) electrons. The Bertz CT molecular complexity index is 3220. The summed E-state index contributed by atoms with van der Waals surface area (Å²) in [7, 11) is 0. The van der Waals surface area contributed by atoms with Crippen LogP contribution in [0.4, 0.5) is 0 Å². The molecule has 0 fully saturated rings. The molecule has 2 heterocycles. The van der Waals surface area contributed by atoms with Gasteiger partial charge < -0.3 is 4.57 Å². The molecule has 11 rings (SSSR count). The fraction of sp³-hybridized carbons (Fsp3) is 0.148. The van der Waals surface area contributed by atoms with Crippen LogP contribution >= 0.6 is 0 Å². The molecule has 8 aromatic carbocycles. The van der Waals surface area contributed by atoms with Gasteiger partial charge in [-0.15, -0.1) is 0 Å². The second-order valence-corrected chi connectivity index (χ2v) is 17.3. The van der Waals surface area contributed by atoms with Crippen LogP contribution in [0.25, 0.3) is 93.7 Å². The summed E-state index contributed by atoms with van der Waals surface area (Å²) in [4.78, 5) is 10.5. The summed E-state index contributed by atoms with van der Waals surface area (Å²) in [5.74, 6) is 0. The Morgan fingerprint density at radius 3 is 1.65 bits per heavy atom. The SMILES string of the molecule is CC1(C)CCC(C)(C)c2cc3c(cc21)c1cc2ccccc2cc1n3-c1ccc2ccc(-c3nc4ccccc4nc3-c3ccc(-c4ccccc4)cc3)cc2c1. The molecule has 0 spiro atoms. The standard InChI is InChI=1S/C54H43N3/c1-53(2)26-27-54(3,4)46-33-50-44(32-45(46)53)43-30-38-14-8-9-15-39(38)31-49(43)57(50)42-25-24-36-20-23-40(28-41(36)29-42)52-51(55-47-16-10-11-17-48(47)56-52)37-21-18-35(19-22-37)34-12-6-5-7-13-34/h5-25,28-33H,26-27H2,1-4H3. The summed E-state index contributed by atoms with van der Waals surface area (Å²) in [6, 6.07) is 59.7. The second-order valence-electron chi connectivity index (χ2n) is 17.3. The van der Waals surface area contributed by atoms with Gasteiger partial charge in [0.05, 0.1) is 33.5 Å². The van der Waals surface area contributed by atoms with E-state index in [4.69, 9.17) is 9.97 Å². The van der Waals surface area contributed by atoms with Crippen LogP contribution in [-0.2, 0) is 10.8 Å². The van der Waals surface area contributed by atoms with Crippen molar-refractivity contribution in [2.24, 2.45) is 0 Å². The molecule has 0 saturated carbocycles. The summed E-state index contributed by atoms with van der Waals surface area (Å²) in [5.41, 5.74) is 14.9. The van der Waals surface area contributed by atoms with Gasteiger partial charge in [0, 0.05) is 27.6 Å². The van der Waals surface area contributed by atoms with E-state index < -0.39 is 0 Å². The molecular formula is C54H43N3. The molecule has 274 valence electrons. The molecule has 10 aromatic rings. The monoisotopic (exact) mass is 733 g/mol. The van der Waals surface area contributed by atoms with Crippen molar-refractivity contribution >= 4 is 54.4 Å². The summed E-state index contributed by atoms with van der Waals surface area (Å²) in [6.07, 6.45) is 2.37. The van der Waals surface area contributed by atoms with Crippen LogP contribution in [0.5, 0.6) is 0 Å². The van der Waals surface area contributed by atoms with Crippen LogP contribution in [0, 0.1) is 0 Å². The van der Waals surface area contributed by atoms with E-state index in [0.717, 1.165) is 39.2 Å². The first-order valence-corrected chi connectivity index (χ1v) is 20.2. The zero-order valence-corrected chi connectivity index (χ0v) is 32.8. The molecule has 0 saturated heterocycles. The minimum absolute atomic E-state index is 0.101. The highest BCUT2D eigenvalue weighted by Crippen LogP contribution is 2.49. The van der Waals surface area contributed by atoms with Gasteiger partial charge in [0.15, 0.2) is 0 Å². The molecule has 0 N–H and O–H groups in total. The largest absolute Gasteiger partial charge is 0.309 e. The lowest BCUT2D eigenvalue weighted by atomic mass is 9.63. The van der Waals surface area contributed by atoms with E-state index in [0.29, 0.717) is 0 Å². The predicted molar refractivity (Wildman–Crippen MR) is 240 cm³/mol. The van der Waals surface area contributed by atoms with Gasteiger partial charge in [0.1, 0.15) is 0 Å². The van der Waals surface area contributed by atoms with Crippen molar-refractivity contribution in [1.82, 2.24) is 14.5 Å². The van der Waals surface area contributed by atoms with E-state index in [9.17, 15) is 0 Å². The van der Waals surface area contributed by atoms with Crippen LogP contribution in [0.2, 0.25) is 0 Å². The summed E-state index contributed by atoms with van der Waals surface area (Å²) in [5, 5.41) is 7.50. The third-order valence-corrected chi connectivity index (χ3v) is 12.8. The normalized spacial score (nSPS) is 14.8. The number of rotatable bonds is 4. The highest BCUT2D eigenvalue weighted by atomic mass is 15.0. The number of hydrogen-bond donors (Lipinski definition) is 0. The molecule has 0 amide bonds. The van der Waals surface area contributed by atoms with Crippen LogP contribution in [-0.4, -0.2) is 14.5 Å². The fourth-order valence-corrected chi connectivity index (χ4v) is 9.41. The minimum Gasteiger partial charge on any atom is -0.309 e. The van der Waals surface area contributed by atoms with Gasteiger partial charge in [-0.25, -0.2) is 9.97 Å². The van der Waals surface area contributed by atoms with Crippen molar-refractivity contribution in [2.45, 2.75) is 51.4 Å². The summed E-state index contributed by atoms with van der Waals surface area (Å²) in [6.45, 7) is 9.70. The van der Waals surface area contributed by atoms with Gasteiger partial charge in [-0.1, -0.05) is 137 Å². The maximum absolute atomic E-state index is 5.29. The molecule has 0 aliphatic heterocycles. The van der Waals surface area contributed by atoms with Crippen LogP contribution in [0.1, 0.15) is 51.7 Å². The Morgan fingerprint density at radius 1 is 0.404 bits per heavy atom. The van der Waals surface area contributed by atoms with Crippen molar-refractivity contribution in [2.75, 3.05) is 0 Å². The molecule has 3 heteroatoms. The van der Waals surface area contributed by atoms with Crippen molar-refractivity contribution < 1.29 is 0 Å². The maximum Gasteiger partial charge on any atom is 0.0973 e. The number of hydrogen-bond acceptors (Lipinski definition) is 2. The molecule has 3 nitrogen and oxygen atoms in total. The predicted octanol–water partition coefficient (Wildman–Crippen LogP) is 14.4. The van der Waals surface area contributed by atoms with Gasteiger partial charge in [0.25, 0.3) is 0 Å². The molecule has 2 aromatic heterocycles. The number of benzene rings is 8. The van der Waals surface area contributed by atoms with Crippen molar-refractivity contribution in [3.8, 4) is 39.3 Å². The average Bonchev–Trinajstić information content (AvgIpc) is 3.55. The molecule has 1 aliphatic rings. The van der Waals surface area contributed by atoms with Crippen molar-refractivity contribution in [3.05, 3.63) is 175 Å². The lowest BCUT2D eigenvalue weighted by molar-refractivity contribution is 0.332. The van der Waals surface area contributed by atoms with Gasteiger partial charge in [-0.2, -0.15) is 0 Å². The van der Waals surface area contributed by atoms with Gasteiger partial charge in [0.2, 0.25) is 0 Å². The highest BCUT2D eigenvalue weighted by molar-refractivity contribution is 6.14. The molecule has 0 bridgehead atoms. The van der Waals surface area contributed by atoms with Crippen molar-refractivity contribution in [3.63, 3.8) is 0 Å². The Hall–Kier alpha value is -6.58.